The summed E-state index contributed by atoms with van der Waals surface area (Å²) in [5, 5.41) is 1.25. The maximum Gasteiger partial charge on any atom is 0.319 e. The molecule has 0 amide bonds. The second-order valence-corrected chi connectivity index (χ2v) is 12.1. The highest BCUT2D eigenvalue weighted by atomic mass is 19.1. The molecular weight excluding hydrogens is 552 g/mol. The molecule has 0 saturated carbocycles. The minimum Gasteiger partial charge on any atom is -0.461 e. The standard InChI is InChI=1S/C32H31F2N7O2/c1-2-21-23(33)8-5-18-13-24(35)37-28(25(18)21)29-26(34)27-22(14-36-29)30(40-15-19-6-7-20(16-40)43-19)39-31(38-27)42-17-32-9-3-11-41(32)12-4-10-32/h1,5,8,13-14,19-20H,3-4,6-7,9-12,15-17H2,(H2,35,37). The number of anilines is 2. The highest BCUT2D eigenvalue weighted by Crippen LogP contribution is 2.41. The molecule has 2 unspecified atom stereocenters. The van der Waals surface area contributed by atoms with Gasteiger partial charge in [0, 0.05) is 24.7 Å². The quantitative estimate of drug-likeness (QED) is 0.341. The second kappa shape index (κ2) is 9.96. The fraction of sp³-hybridized carbons (Fsp3) is 0.438. The Labute approximate surface area is 247 Å². The van der Waals surface area contributed by atoms with Crippen molar-refractivity contribution in [2.24, 2.45) is 0 Å². The first-order valence-corrected chi connectivity index (χ1v) is 14.9. The van der Waals surface area contributed by atoms with Crippen LogP contribution in [-0.2, 0) is 4.74 Å². The van der Waals surface area contributed by atoms with Crippen LogP contribution in [0.3, 0.4) is 0 Å². The third kappa shape index (κ3) is 4.26. The first-order chi connectivity index (χ1) is 20.9. The largest absolute Gasteiger partial charge is 0.461 e. The van der Waals surface area contributed by atoms with Crippen LogP contribution in [-0.4, -0.2) is 75.4 Å². The normalized spacial score (nSPS) is 22.8. The van der Waals surface area contributed by atoms with Gasteiger partial charge in [-0.05, 0) is 69.1 Å². The van der Waals surface area contributed by atoms with Gasteiger partial charge in [-0.2, -0.15) is 9.97 Å². The van der Waals surface area contributed by atoms with Crippen molar-refractivity contribution in [3.63, 3.8) is 0 Å². The van der Waals surface area contributed by atoms with Gasteiger partial charge in [0.25, 0.3) is 0 Å². The molecule has 0 aliphatic carbocycles. The lowest BCUT2D eigenvalue weighted by Gasteiger charge is -2.34. The number of halogens is 2. The number of nitrogen functional groups attached to an aromatic ring is 1. The summed E-state index contributed by atoms with van der Waals surface area (Å²) in [6.07, 6.45) is 13.8. The zero-order valence-corrected chi connectivity index (χ0v) is 23.7. The third-order valence-electron chi connectivity index (χ3n) is 9.60. The zero-order valence-electron chi connectivity index (χ0n) is 23.7. The van der Waals surface area contributed by atoms with E-state index in [1.807, 2.05) is 0 Å². The monoisotopic (exact) mass is 583 g/mol. The summed E-state index contributed by atoms with van der Waals surface area (Å²) in [7, 11) is 0. The molecule has 11 heteroatoms. The fourth-order valence-corrected chi connectivity index (χ4v) is 7.60. The van der Waals surface area contributed by atoms with Gasteiger partial charge in [0.1, 0.15) is 41.0 Å². The van der Waals surface area contributed by atoms with Crippen molar-refractivity contribution in [2.75, 3.05) is 43.4 Å². The lowest BCUT2D eigenvalue weighted by atomic mass is 9.95. The molecule has 3 aromatic heterocycles. The Balaban J connectivity index is 1.28. The zero-order chi connectivity index (χ0) is 29.3. The molecule has 4 aromatic rings. The van der Waals surface area contributed by atoms with Gasteiger partial charge in [-0.1, -0.05) is 12.0 Å². The topological polar surface area (TPSA) is 103 Å². The first-order valence-electron chi connectivity index (χ1n) is 14.9. The molecule has 9 nitrogen and oxygen atoms in total. The molecule has 0 spiro atoms. The number of rotatable bonds is 5. The fourth-order valence-electron chi connectivity index (χ4n) is 7.60. The molecular formula is C32H31F2N7O2. The number of morpholine rings is 1. The van der Waals surface area contributed by atoms with Crippen LogP contribution in [0.15, 0.2) is 24.4 Å². The summed E-state index contributed by atoms with van der Waals surface area (Å²) in [6.45, 7) is 3.84. The van der Waals surface area contributed by atoms with Crippen molar-refractivity contribution >= 4 is 33.3 Å². The summed E-state index contributed by atoms with van der Waals surface area (Å²) in [5.41, 5.74) is 6.02. The van der Waals surface area contributed by atoms with Crippen molar-refractivity contribution in [1.29, 1.82) is 0 Å². The molecule has 0 radical (unpaired) electrons. The number of pyridine rings is 2. The SMILES string of the molecule is C#Cc1c(F)ccc2cc(N)nc(-c3ncc4c(N5CC6CCC(C5)O6)nc(OCC56CCCN5CCC6)nc4c3F)c12. The Morgan fingerprint density at radius 2 is 1.84 bits per heavy atom. The predicted molar refractivity (Wildman–Crippen MR) is 159 cm³/mol. The van der Waals surface area contributed by atoms with Crippen LogP contribution in [0.2, 0.25) is 0 Å². The van der Waals surface area contributed by atoms with Crippen LogP contribution < -0.4 is 15.4 Å². The van der Waals surface area contributed by atoms with Crippen molar-refractivity contribution < 1.29 is 18.3 Å². The Morgan fingerprint density at radius 1 is 1.07 bits per heavy atom. The molecule has 220 valence electrons. The van der Waals surface area contributed by atoms with E-state index in [0.29, 0.717) is 36.3 Å². The van der Waals surface area contributed by atoms with E-state index in [2.05, 4.69) is 30.7 Å². The number of nitrogens with zero attached hydrogens (tertiary/aromatic N) is 6. The van der Waals surface area contributed by atoms with Gasteiger partial charge < -0.3 is 20.1 Å². The van der Waals surface area contributed by atoms with Gasteiger partial charge in [-0.25, -0.2) is 13.8 Å². The molecule has 1 aromatic carbocycles. The van der Waals surface area contributed by atoms with E-state index in [9.17, 15) is 4.39 Å². The van der Waals surface area contributed by atoms with E-state index in [-0.39, 0.29) is 57.4 Å². The van der Waals surface area contributed by atoms with E-state index in [4.69, 9.17) is 26.6 Å². The van der Waals surface area contributed by atoms with Gasteiger partial charge in [-0.15, -0.1) is 6.42 Å². The summed E-state index contributed by atoms with van der Waals surface area (Å²) in [4.78, 5) is 22.9. The molecule has 4 fully saturated rings. The van der Waals surface area contributed by atoms with E-state index in [1.165, 1.54) is 6.07 Å². The van der Waals surface area contributed by atoms with Crippen LogP contribution in [0.1, 0.15) is 44.1 Å². The van der Waals surface area contributed by atoms with Gasteiger partial charge in [0.05, 0.1) is 28.7 Å². The number of nitrogens with two attached hydrogens (primary N) is 1. The summed E-state index contributed by atoms with van der Waals surface area (Å²) < 4.78 is 43.9. The van der Waals surface area contributed by atoms with Gasteiger partial charge in [0.15, 0.2) is 5.82 Å². The van der Waals surface area contributed by atoms with Gasteiger partial charge in [-0.3, -0.25) is 9.88 Å². The maximum atomic E-state index is 16.7. The second-order valence-electron chi connectivity index (χ2n) is 12.1. The van der Waals surface area contributed by atoms with Crippen LogP contribution in [0, 0.1) is 24.0 Å². The number of benzene rings is 1. The highest BCUT2D eigenvalue weighted by Gasteiger charge is 2.45. The van der Waals surface area contributed by atoms with Crippen LogP contribution in [0.5, 0.6) is 6.01 Å². The molecule has 4 aliphatic rings. The van der Waals surface area contributed by atoms with E-state index in [0.717, 1.165) is 51.6 Å². The molecule has 8 rings (SSSR count). The van der Waals surface area contributed by atoms with Gasteiger partial charge >= 0.3 is 6.01 Å². The average molecular weight is 584 g/mol. The van der Waals surface area contributed by atoms with Crippen LogP contribution in [0.25, 0.3) is 33.1 Å². The molecule has 4 saturated heterocycles. The maximum absolute atomic E-state index is 16.7. The summed E-state index contributed by atoms with van der Waals surface area (Å²) in [6, 6.07) is 4.50. The van der Waals surface area contributed by atoms with Crippen LogP contribution in [0.4, 0.5) is 20.4 Å². The minimum atomic E-state index is -0.726. The lowest BCUT2D eigenvalue weighted by molar-refractivity contribution is 0.0302. The molecule has 4 aliphatic heterocycles. The number of aromatic nitrogens is 4. The number of hydrogen-bond donors (Lipinski definition) is 1. The third-order valence-corrected chi connectivity index (χ3v) is 9.60. The Hall–Kier alpha value is -4.14. The average Bonchev–Trinajstić information content (AvgIpc) is 3.69. The number of terminal acetylenes is 1. The van der Waals surface area contributed by atoms with Crippen molar-refractivity contribution in [2.45, 2.75) is 56.3 Å². The lowest BCUT2D eigenvalue weighted by Crippen LogP contribution is -2.44. The molecule has 43 heavy (non-hydrogen) atoms. The Bertz CT molecular complexity index is 1800. The molecule has 7 heterocycles. The smallest absolute Gasteiger partial charge is 0.319 e. The van der Waals surface area contributed by atoms with E-state index in [1.54, 1.807) is 18.3 Å². The van der Waals surface area contributed by atoms with Crippen LogP contribution >= 0.6 is 0 Å². The minimum absolute atomic E-state index is 0.0292. The molecule has 2 atom stereocenters. The van der Waals surface area contributed by atoms with Crippen molar-refractivity contribution in [3.8, 4) is 29.7 Å². The Morgan fingerprint density at radius 3 is 2.58 bits per heavy atom. The summed E-state index contributed by atoms with van der Waals surface area (Å²) in [5.74, 6) is 1.74. The van der Waals surface area contributed by atoms with Gasteiger partial charge in [0.2, 0.25) is 0 Å². The van der Waals surface area contributed by atoms with E-state index >= 15 is 4.39 Å². The first kappa shape index (κ1) is 26.5. The number of hydrogen-bond acceptors (Lipinski definition) is 9. The van der Waals surface area contributed by atoms with Crippen molar-refractivity contribution in [1.82, 2.24) is 24.8 Å². The number of fused-ring (bicyclic) bond motifs is 5. The van der Waals surface area contributed by atoms with Crippen molar-refractivity contribution in [3.05, 3.63) is 41.6 Å². The summed E-state index contributed by atoms with van der Waals surface area (Å²) >= 11 is 0. The van der Waals surface area contributed by atoms with E-state index < -0.39 is 11.6 Å². The molecule has 2 N–H and O–H groups in total. The number of ether oxygens (including phenoxy) is 2. The highest BCUT2D eigenvalue weighted by molar-refractivity contribution is 6.01. The molecule has 2 bridgehead atoms. The Kier molecular flexibility index (Phi) is 6.14. The predicted octanol–water partition coefficient (Wildman–Crippen LogP) is 4.46.